The van der Waals surface area contributed by atoms with E-state index in [0.717, 1.165) is 5.57 Å². The Kier molecular flexibility index (Phi) is 4.36. The summed E-state index contributed by atoms with van der Waals surface area (Å²) in [5, 5.41) is 9.71. The molecule has 1 saturated heterocycles. The zero-order valence-electron chi connectivity index (χ0n) is 11.9. The van der Waals surface area contributed by atoms with Gasteiger partial charge >= 0.3 is 0 Å². The van der Waals surface area contributed by atoms with E-state index in [4.69, 9.17) is 9.47 Å². The van der Waals surface area contributed by atoms with Crippen LogP contribution >= 0.6 is 0 Å². The van der Waals surface area contributed by atoms with Gasteiger partial charge in [0.2, 0.25) is 0 Å². The standard InChI is InChI=1S/C14H24O4/c1-9(2)10(7-12(15)13(3,4)16)11-8-17-14(5,6)18-11/h10-11,16H,1,7-8H2,2-6H3/t10-,11-/m1/s1. The lowest BCUT2D eigenvalue weighted by Crippen LogP contribution is -2.36. The van der Waals surface area contributed by atoms with Crippen LogP contribution in [0.15, 0.2) is 12.2 Å². The molecule has 0 amide bonds. The van der Waals surface area contributed by atoms with Crippen LogP contribution in [0, 0.1) is 5.92 Å². The van der Waals surface area contributed by atoms with Crippen molar-refractivity contribution in [3.05, 3.63) is 12.2 Å². The molecule has 0 aromatic heterocycles. The normalized spacial score (nSPS) is 24.9. The summed E-state index contributed by atoms with van der Waals surface area (Å²) in [6.07, 6.45) is 0.0481. The SMILES string of the molecule is C=C(C)[C@@H](CC(=O)C(C)(C)O)[C@H]1COC(C)(C)O1. The van der Waals surface area contributed by atoms with Crippen LogP contribution in [0.25, 0.3) is 0 Å². The van der Waals surface area contributed by atoms with Gasteiger partial charge in [0.1, 0.15) is 5.60 Å². The van der Waals surface area contributed by atoms with Crippen LogP contribution in [0.3, 0.4) is 0 Å². The fourth-order valence-corrected chi connectivity index (χ4v) is 1.99. The van der Waals surface area contributed by atoms with E-state index in [1.807, 2.05) is 20.8 Å². The number of carbonyl (C=O) groups excluding carboxylic acids is 1. The lowest BCUT2D eigenvalue weighted by Gasteiger charge is -2.26. The number of carbonyl (C=O) groups is 1. The van der Waals surface area contributed by atoms with Gasteiger partial charge in [0.05, 0.1) is 12.7 Å². The Hall–Kier alpha value is -0.710. The van der Waals surface area contributed by atoms with Crippen molar-refractivity contribution in [3.8, 4) is 0 Å². The molecule has 104 valence electrons. The monoisotopic (exact) mass is 256 g/mol. The van der Waals surface area contributed by atoms with Gasteiger partial charge in [-0.25, -0.2) is 0 Å². The number of aliphatic hydroxyl groups is 1. The maximum Gasteiger partial charge on any atom is 0.164 e. The molecule has 0 radical (unpaired) electrons. The van der Waals surface area contributed by atoms with E-state index in [0.29, 0.717) is 6.61 Å². The third kappa shape index (κ3) is 3.90. The van der Waals surface area contributed by atoms with Crippen LogP contribution in [0.2, 0.25) is 0 Å². The topological polar surface area (TPSA) is 55.8 Å². The van der Waals surface area contributed by atoms with E-state index in [9.17, 15) is 9.90 Å². The van der Waals surface area contributed by atoms with Gasteiger partial charge in [-0.1, -0.05) is 12.2 Å². The largest absolute Gasteiger partial charge is 0.383 e. The lowest BCUT2D eigenvalue weighted by molar-refractivity contribution is -0.147. The van der Waals surface area contributed by atoms with Crippen molar-refractivity contribution in [2.45, 2.75) is 58.5 Å². The maximum absolute atomic E-state index is 11.9. The molecule has 1 heterocycles. The van der Waals surface area contributed by atoms with Gasteiger partial charge in [-0.15, -0.1) is 0 Å². The summed E-state index contributed by atoms with van der Waals surface area (Å²) in [5.74, 6) is -0.939. The van der Waals surface area contributed by atoms with Gasteiger partial charge in [0.15, 0.2) is 11.6 Å². The van der Waals surface area contributed by atoms with E-state index in [2.05, 4.69) is 6.58 Å². The zero-order chi connectivity index (χ0) is 14.1. The molecule has 1 fully saturated rings. The minimum absolute atomic E-state index is 0.120. The van der Waals surface area contributed by atoms with Crippen molar-refractivity contribution in [1.29, 1.82) is 0 Å². The highest BCUT2D eigenvalue weighted by Gasteiger charge is 2.39. The molecule has 2 atom stereocenters. The summed E-state index contributed by atoms with van der Waals surface area (Å²) in [5.41, 5.74) is -0.443. The first-order valence-corrected chi connectivity index (χ1v) is 6.26. The molecule has 4 nitrogen and oxygen atoms in total. The number of hydrogen-bond donors (Lipinski definition) is 1. The van der Waals surface area contributed by atoms with Crippen molar-refractivity contribution in [2.75, 3.05) is 6.61 Å². The lowest BCUT2D eigenvalue weighted by atomic mass is 9.86. The molecular formula is C14H24O4. The molecule has 4 heteroatoms. The zero-order valence-corrected chi connectivity index (χ0v) is 11.9. The number of hydrogen-bond acceptors (Lipinski definition) is 4. The second-order valence-electron chi connectivity index (χ2n) is 6.01. The van der Waals surface area contributed by atoms with Gasteiger partial charge in [-0.2, -0.15) is 0 Å². The third-order valence-corrected chi connectivity index (χ3v) is 3.20. The molecular weight excluding hydrogens is 232 g/mol. The van der Waals surface area contributed by atoms with Crippen molar-refractivity contribution >= 4 is 5.78 Å². The van der Waals surface area contributed by atoms with E-state index >= 15 is 0 Å². The van der Waals surface area contributed by atoms with Crippen molar-refractivity contribution in [3.63, 3.8) is 0 Å². The second kappa shape index (κ2) is 5.11. The van der Waals surface area contributed by atoms with Crippen LogP contribution in [-0.4, -0.2) is 35.0 Å². The van der Waals surface area contributed by atoms with E-state index < -0.39 is 11.4 Å². The minimum atomic E-state index is -1.32. The summed E-state index contributed by atoms with van der Waals surface area (Å²) in [7, 11) is 0. The Bertz CT molecular complexity index is 338. The number of Topliss-reactive ketones (excluding diaryl/α,β-unsaturated/α-hetero) is 1. The first kappa shape index (κ1) is 15.3. The van der Waals surface area contributed by atoms with Crippen LogP contribution in [0.5, 0.6) is 0 Å². The Morgan fingerprint density at radius 3 is 2.44 bits per heavy atom. The molecule has 1 aliphatic heterocycles. The highest BCUT2D eigenvalue weighted by atomic mass is 16.7. The predicted molar refractivity (Wildman–Crippen MR) is 69.1 cm³/mol. The highest BCUT2D eigenvalue weighted by Crippen LogP contribution is 2.32. The van der Waals surface area contributed by atoms with Gasteiger partial charge in [-0.05, 0) is 34.6 Å². The Morgan fingerprint density at radius 1 is 1.56 bits per heavy atom. The van der Waals surface area contributed by atoms with Gasteiger partial charge in [0, 0.05) is 12.3 Å². The van der Waals surface area contributed by atoms with Crippen molar-refractivity contribution in [2.24, 2.45) is 5.92 Å². The van der Waals surface area contributed by atoms with Crippen molar-refractivity contribution < 1.29 is 19.4 Å². The van der Waals surface area contributed by atoms with E-state index in [1.165, 1.54) is 13.8 Å². The molecule has 0 aromatic rings. The summed E-state index contributed by atoms with van der Waals surface area (Å²) in [6.45, 7) is 12.9. The van der Waals surface area contributed by atoms with Crippen LogP contribution < -0.4 is 0 Å². The molecule has 0 aromatic carbocycles. The van der Waals surface area contributed by atoms with Gasteiger partial charge in [0.25, 0.3) is 0 Å². The van der Waals surface area contributed by atoms with Crippen LogP contribution in [0.1, 0.15) is 41.0 Å². The third-order valence-electron chi connectivity index (χ3n) is 3.20. The van der Waals surface area contributed by atoms with E-state index in [1.54, 1.807) is 0 Å². The van der Waals surface area contributed by atoms with E-state index in [-0.39, 0.29) is 24.2 Å². The molecule has 18 heavy (non-hydrogen) atoms. The predicted octanol–water partition coefficient (Wildman–Crippen LogP) is 2.06. The molecule has 1 rings (SSSR count). The number of ether oxygens (including phenoxy) is 2. The summed E-state index contributed by atoms with van der Waals surface area (Å²) < 4.78 is 11.3. The Labute approximate surface area is 109 Å². The molecule has 0 saturated carbocycles. The molecule has 0 unspecified atom stereocenters. The molecule has 0 aliphatic carbocycles. The van der Waals surface area contributed by atoms with Crippen LogP contribution in [0.4, 0.5) is 0 Å². The number of rotatable bonds is 5. The summed E-state index contributed by atoms with van der Waals surface area (Å²) >= 11 is 0. The highest BCUT2D eigenvalue weighted by molar-refractivity contribution is 5.86. The first-order chi connectivity index (χ1) is 8.03. The Morgan fingerprint density at radius 2 is 2.11 bits per heavy atom. The fourth-order valence-electron chi connectivity index (χ4n) is 1.99. The number of ketones is 1. The molecule has 1 N–H and O–H groups in total. The molecule has 0 spiro atoms. The maximum atomic E-state index is 11.9. The summed E-state index contributed by atoms with van der Waals surface area (Å²) in [4.78, 5) is 11.9. The first-order valence-electron chi connectivity index (χ1n) is 6.26. The average molecular weight is 256 g/mol. The summed E-state index contributed by atoms with van der Waals surface area (Å²) in [6, 6.07) is 0. The van der Waals surface area contributed by atoms with Gasteiger partial charge in [-0.3, -0.25) is 4.79 Å². The van der Waals surface area contributed by atoms with Crippen molar-refractivity contribution in [1.82, 2.24) is 0 Å². The second-order valence-corrected chi connectivity index (χ2v) is 6.01. The van der Waals surface area contributed by atoms with Crippen LogP contribution in [-0.2, 0) is 14.3 Å². The smallest absolute Gasteiger partial charge is 0.164 e. The quantitative estimate of drug-likeness (QED) is 0.765. The average Bonchev–Trinajstić information content (AvgIpc) is 2.52. The van der Waals surface area contributed by atoms with Gasteiger partial charge < -0.3 is 14.6 Å². The Balaban J connectivity index is 2.74. The molecule has 0 bridgehead atoms. The fraction of sp³-hybridized carbons (Fsp3) is 0.786. The minimum Gasteiger partial charge on any atom is -0.383 e. The molecule has 1 aliphatic rings.